The number of aromatic nitrogens is 3. The Balaban J connectivity index is 0.993. The lowest BCUT2D eigenvalue weighted by Gasteiger charge is -2.13. The number of nitrogens with one attached hydrogen (secondary N) is 2. The monoisotopic (exact) mass is 867 g/mol. The number of benzene rings is 8. The second kappa shape index (κ2) is 18.7. The second-order valence-electron chi connectivity index (χ2n) is 16.6. The zero-order valence-corrected chi connectivity index (χ0v) is 37.4. The molecular formula is C60H49N7. The molecule has 9 aromatic rings. The molecule has 6 N–H and O–H groups in total. The van der Waals surface area contributed by atoms with Crippen LogP contribution >= 0.6 is 0 Å². The number of anilines is 4. The predicted molar refractivity (Wildman–Crippen MR) is 282 cm³/mol. The highest BCUT2D eigenvalue weighted by molar-refractivity contribution is 5.86. The van der Waals surface area contributed by atoms with E-state index in [4.69, 9.17) is 26.4 Å². The quantitative estimate of drug-likeness (QED) is 0.0957. The van der Waals surface area contributed by atoms with Crippen molar-refractivity contribution in [3.8, 4) is 89.5 Å². The second-order valence-corrected chi connectivity index (χ2v) is 16.6. The Bertz CT molecular complexity index is 3200. The number of nitrogens with two attached hydrogens (primary N) is 2. The molecular weight excluding hydrogens is 819 g/mol. The van der Waals surface area contributed by atoms with Crippen LogP contribution < -0.4 is 22.1 Å². The van der Waals surface area contributed by atoms with Gasteiger partial charge in [-0.25, -0.2) is 15.0 Å². The Morgan fingerprint density at radius 2 is 0.716 bits per heavy atom. The van der Waals surface area contributed by atoms with E-state index in [-0.39, 0.29) is 0 Å². The summed E-state index contributed by atoms with van der Waals surface area (Å²) < 4.78 is 0. The van der Waals surface area contributed by atoms with Crippen molar-refractivity contribution in [2.45, 2.75) is 6.42 Å². The number of nitrogen functional groups attached to an aromatic ring is 2. The maximum absolute atomic E-state index is 6.22. The minimum Gasteiger partial charge on any atom is -0.399 e. The van der Waals surface area contributed by atoms with Crippen molar-refractivity contribution in [2.24, 2.45) is 0 Å². The molecule has 0 aliphatic heterocycles. The summed E-state index contributed by atoms with van der Waals surface area (Å²) in [6.07, 6.45) is 11.2. The number of nitrogens with zero attached hydrogens (tertiary/aromatic N) is 3. The van der Waals surface area contributed by atoms with Crippen LogP contribution in [0.15, 0.2) is 212 Å². The van der Waals surface area contributed by atoms with Crippen LogP contribution in [-0.2, 0) is 0 Å². The molecule has 0 radical (unpaired) electrons. The van der Waals surface area contributed by atoms with Crippen molar-refractivity contribution in [2.75, 3.05) is 36.2 Å². The summed E-state index contributed by atoms with van der Waals surface area (Å²) in [6, 6.07) is 63.4. The van der Waals surface area contributed by atoms with Crippen molar-refractivity contribution < 1.29 is 0 Å². The van der Waals surface area contributed by atoms with E-state index in [1.165, 1.54) is 0 Å². The lowest BCUT2D eigenvalue weighted by Crippen LogP contribution is -2.02. The molecule has 1 aliphatic carbocycles. The number of hydrogen-bond donors (Lipinski definition) is 4. The molecule has 324 valence electrons. The van der Waals surface area contributed by atoms with Crippen LogP contribution in [0.25, 0.3) is 95.1 Å². The molecule has 7 nitrogen and oxygen atoms in total. The highest BCUT2D eigenvalue weighted by Gasteiger charge is 2.16. The van der Waals surface area contributed by atoms with Crippen molar-refractivity contribution >= 4 is 28.3 Å². The largest absolute Gasteiger partial charge is 0.399 e. The van der Waals surface area contributed by atoms with Gasteiger partial charge in [-0.3, -0.25) is 0 Å². The van der Waals surface area contributed by atoms with E-state index in [0.717, 1.165) is 113 Å². The molecule has 0 fully saturated rings. The van der Waals surface area contributed by atoms with Gasteiger partial charge in [0, 0.05) is 64.7 Å². The highest BCUT2D eigenvalue weighted by Crippen LogP contribution is 2.37. The molecule has 0 spiro atoms. The van der Waals surface area contributed by atoms with Gasteiger partial charge in [-0.15, -0.1) is 0 Å². The fourth-order valence-corrected chi connectivity index (χ4v) is 8.71. The molecule has 7 heteroatoms. The number of rotatable bonds is 11. The average molecular weight is 868 g/mol. The summed E-state index contributed by atoms with van der Waals surface area (Å²) in [7, 11) is 3.86. The van der Waals surface area contributed by atoms with Gasteiger partial charge in [-0.1, -0.05) is 140 Å². The van der Waals surface area contributed by atoms with Crippen LogP contribution in [0.2, 0.25) is 0 Å². The third-order valence-corrected chi connectivity index (χ3v) is 12.2. The summed E-state index contributed by atoms with van der Waals surface area (Å²) in [5, 5.41) is 6.62. The minimum atomic E-state index is 0.605. The smallest absolute Gasteiger partial charge is 0.164 e. The lowest BCUT2D eigenvalue weighted by molar-refractivity contribution is 1.04. The maximum Gasteiger partial charge on any atom is 0.164 e. The molecule has 0 atom stereocenters. The SMILES string of the molecule is CNc1ccc(N)cc1-c1cccc(-c2cccc(-c3cccc(-c4nc(C5=CCC=CC=C5)nc(-c5cccc(-c6cccc(-c7cccc(-c8cc(N)ccc8NC)c7)c6)c5)n4)c3)c2)c1. The molecule has 1 aliphatic rings. The Labute approximate surface area is 392 Å². The molecule has 0 amide bonds. The van der Waals surface area contributed by atoms with Gasteiger partial charge in [0.2, 0.25) is 0 Å². The zero-order valence-electron chi connectivity index (χ0n) is 37.4. The molecule has 0 saturated heterocycles. The van der Waals surface area contributed by atoms with E-state index in [1.54, 1.807) is 0 Å². The molecule has 10 rings (SSSR count). The van der Waals surface area contributed by atoms with Crippen LogP contribution in [-0.4, -0.2) is 29.0 Å². The molecule has 0 bridgehead atoms. The normalized spacial score (nSPS) is 12.1. The summed E-state index contributed by atoms with van der Waals surface area (Å²) >= 11 is 0. The minimum absolute atomic E-state index is 0.605. The summed E-state index contributed by atoms with van der Waals surface area (Å²) in [4.78, 5) is 15.5. The van der Waals surface area contributed by atoms with Crippen LogP contribution in [0.5, 0.6) is 0 Å². The molecule has 1 heterocycles. The highest BCUT2D eigenvalue weighted by atomic mass is 15.0. The van der Waals surface area contributed by atoms with E-state index in [0.29, 0.717) is 17.5 Å². The Morgan fingerprint density at radius 3 is 1.12 bits per heavy atom. The lowest BCUT2D eigenvalue weighted by atomic mass is 9.95. The molecule has 8 aromatic carbocycles. The van der Waals surface area contributed by atoms with Crippen molar-refractivity contribution in [1.82, 2.24) is 15.0 Å². The third kappa shape index (κ3) is 9.12. The van der Waals surface area contributed by atoms with E-state index < -0.39 is 0 Å². The average Bonchev–Trinajstić information content (AvgIpc) is 3.69. The van der Waals surface area contributed by atoms with Crippen molar-refractivity contribution in [3.05, 3.63) is 218 Å². The maximum atomic E-state index is 6.22. The first-order valence-corrected chi connectivity index (χ1v) is 22.5. The molecule has 67 heavy (non-hydrogen) atoms. The van der Waals surface area contributed by atoms with Crippen LogP contribution in [0.4, 0.5) is 22.7 Å². The van der Waals surface area contributed by atoms with Gasteiger partial charge in [0.15, 0.2) is 17.5 Å². The first-order chi connectivity index (χ1) is 32.9. The van der Waals surface area contributed by atoms with Gasteiger partial charge in [-0.05, 0) is 135 Å². The van der Waals surface area contributed by atoms with Gasteiger partial charge in [0.1, 0.15) is 0 Å². The summed E-state index contributed by atoms with van der Waals surface area (Å²) in [6.45, 7) is 0. The third-order valence-electron chi connectivity index (χ3n) is 12.2. The van der Waals surface area contributed by atoms with Crippen molar-refractivity contribution in [3.63, 3.8) is 0 Å². The number of allylic oxidation sites excluding steroid dienone is 6. The first kappa shape index (κ1) is 42.2. The fraction of sp³-hybridized carbons (Fsp3) is 0.0500. The van der Waals surface area contributed by atoms with E-state index in [9.17, 15) is 0 Å². The van der Waals surface area contributed by atoms with E-state index >= 15 is 0 Å². The number of hydrogen-bond acceptors (Lipinski definition) is 7. The Hall–Kier alpha value is -8.81. The van der Waals surface area contributed by atoms with Crippen LogP contribution in [0.3, 0.4) is 0 Å². The summed E-state index contributed by atoms with van der Waals surface area (Å²) in [5.41, 5.74) is 31.8. The van der Waals surface area contributed by atoms with Crippen molar-refractivity contribution in [1.29, 1.82) is 0 Å². The summed E-state index contributed by atoms with van der Waals surface area (Å²) in [5.74, 6) is 1.84. The predicted octanol–water partition coefficient (Wildman–Crippen LogP) is 14.4. The standard InChI is InChI=1S/C60H49N7/c1-63-56-29-27-52(61)37-54(56)48-23-9-19-44(33-48)40-15-7-17-42(31-40)46-21-11-25-50(35-46)59-65-58(39-13-5-3-4-6-14-39)66-60(67-59)51-26-12-22-47(36-51)43-18-8-16-41(32-43)45-20-10-24-49(34-45)55-38-53(62)28-30-57(55)64-2/h3-5,7-38,63-64H,6,61-62H2,1-2H3. The van der Waals surface area contributed by atoms with Gasteiger partial charge in [-0.2, -0.15) is 0 Å². The van der Waals surface area contributed by atoms with E-state index in [1.807, 2.05) is 56.6 Å². The van der Waals surface area contributed by atoms with Gasteiger partial charge in [0.05, 0.1) is 0 Å². The topological polar surface area (TPSA) is 115 Å². The molecule has 0 saturated carbocycles. The van der Waals surface area contributed by atoms with Crippen LogP contribution in [0, 0.1) is 0 Å². The Morgan fingerprint density at radius 1 is 0.373 bits per heavy atom. The first-order valence-electron chi connectivity index (χ1n) is 22.5. The van der Waals surface area contributed by atoms with E-state index in [2.05, 4.69) is 181 Å². The fourth-order valence-electron chi connectivity index (χ4n) is 8.71. The molecule has 1 aromatic heterocycles. The van der Waals surface area contributed by atoms with Gasteiger partial charge >= 0.3 is 0 Å². The van der Waals surface area contributed by atoms with Gasteiger partial charge < -0.3 is 22.1 Å². The van der Waals surface area contributed by atoms with Crippen LogP contribution in [0.1, 0.15) is 12.2 Å². The zero-order chi connectivity index (χ0) is 45.7. The molecule has 0 unspecified atom stereocenters. The van der Waals surface area contributed by atoms with Gasteiger partial charge in [0.25, 0.3) is 0 Å². The Kier molecular flexibility index (Phi) is 11.8.